The van der Waals surface area contributed by atoms with Crippen molar-refractivity contribution in [3.05, 3.63) is 0 Å². The van der Waals surface area contributed by atoms with E-state index >= 15 is 0 Å². The molecule has 0 radical (unpaired) electrons. The van der Waals surface area contributed by atoms with Gasteiger partial charge < -0.3 is 10.2 Å². The summed E-state index contributed by atoms with van der Waals surface area (Å²) in [4.78, 5) is 0. The van der Waals surface area contributed by atoms with Gasteiger partial charge in [0.25, 0.3) is 0 Å². The van der Waals surface area contributed by atoms with Gasteiger partial charge in [-0.1, -0.05) is 45.2 Å². The Bertz CT molecular complexity index is 481. The molecular formula is C18H24I2O2. The van der Waals surface area contributed by atoms with Crippen LogP contribution >= 0.6 is 45.2 Å². The third-order valence-corrected chi connectivity index (χ3v) is 12.4. The number of alkyl halides is 2. The molecule has 2 nitrogen and oxygen atoms in total. The molecule has 0 aromatic rings. The number of hydrogen-bond acceptors (Lipinski definition) is 2. The Hall–Kier alpha value is 1.38. The van der Waals surface area contributed by atoms with Gasteiger partial charge in [-0.05, 0) is 84.9 Å². The first kappa shape index (κ1) is 14.5. The summed E-state index contributed by atoms with van der Waals surface area (Å²) in [5, 5.41) is 21.3. The second-order valence-electron chi connectivity index (χ2n) is 9.12. The molecule has 0 saturated heterocycles. The molecule has 6 saturated carbocycles. The fraction of sp³-hybridized carbons (Fsp3) is 1.00. The maximum Gasteiger partial charge on any atom is 0.0574 e. The Morgan fingerprint density at radius 3 is 1.32 bits per heavy atom. The quantitative estimate of drug-likeness (QED) is 0.377. The zero-order chi connectivity index (χ0) is 14.9. The average Bonchev–Trinajstić information content (AvgIpc) is 3.22. The molecule has 0 bridgehead atoms. The Morgan fingerprint density at radius 2 is 0.909 bits per heavy atom. The van der Waals surface area contributed by atoms with Crippen molar-refractivity contribution in [3.8, 4) is 0 Å². The highest BCUT2D eigenvalue weighted by Crippen LogP contribution is 2.78. The number of rotatable bonds is 0. The molecule has 122 valence electrons. The van der Waals surface area contributed by atoms with E-state index in [0.29, 0.717) is 11.8 Å². The first-order chi connectivity index (χ1) is 10.6. The normalized spacial score (nSPS) is 73.6. The molecule has 22 heavy (non-hydrogen) atoms. The molecule has 6 rings (SSSR count). The first-order valence-electron chi connectivity index (χ1n) is 9.25. The van der Waals surface area contributed by atoms with Gasteiger partial charge in [-0.15, -0.1) is 0 Å². The van der Waals surface area contributed by atoms with Crippen molar-refractivity contribution < 1.29 is 10.2 Å². The molecule has 6 aliphatic rings. The van der Waals surface area contributed by atoms with Gasteiger partial charge >= 0.3 is 0 Å². The molecule has 0 aromatic carbocycles. The van der Waals surface area contributed by atoms with Crippen LogP contribution in [0.5, 0.6) is 0 Å². The highest BCUT2D eigenvalue weighted by molar-refractivity contribution is 14.1. The maximum atomic E-state index is 10.6. The van der Waals surface area contributed by atoms with Crippen LogP contribution in [0.1, 0.15) is 25.7 Å². The third-order valence-electron chi connectivity index (χ3n) is 9.04. The molecule has 0 aromatic heterocycles. The molecule has 0 amide bonds. The van der Waals surface area contributed by atoms with E-state index in [4.69, 9.17) is 0 Å². The van der Waals surface area contributed by atoms with E-state index in [2.05, 4.69) is 45.2 Å². The van der Waals surface area contributed by atoms with Crippen molar-refractivity contribution in [2.75, 3.05) is 0 Å². The lowest BCUT2D eigenvalue weighted by Gasteiger charge is -2.32. The summed E-state index contributed by atoms with van der Waals surface area (Å²) < 4.78 is 1.54. The van der Waals surface area contributed by atoms with Crippen molar-refractivity contribution in [1.82, 2.24) is 0 Å². The van der Waals surface area contributed by atoms with E-state index in [0.717, 1.165) is 68.0 Å². The van der Waals surface area contributed by atoms with Crippen LogP contribution in [-0.4, -0.2) is 30.3 Å². The van der Waals surface area contributed by atoms with Crippen molar-refractivity contribution >= 4 is 45.2 Å². The molecule has 6 fully saturated rings. The molecule has 0 unspecified atom stereocenters. The van der Waals surface area contributed by atoms with E-state index < -0.39 is 0 Å². The maximum absolute atomic E-state index is 10.6. The lowest BCUT2D eigenvalue weighted by Crippen LogP contribution is -2.34. The lowest BCUT2D eigenvalue weighted by atomic mass is 9.79. The summed E-state index contributed by atoms with van der Waals surface area (Å²) >= 11 is 5.56. The first-order valence-corrected chi connectivity index (χ1v) is 11.7. The van der Waals surface area contributed by atoms with Crippen molar-refractivity contribution in [1.29, 1.82) is 0 Å². The van der Waals surface area contributed by atoms with Gasteiger partial charge in [-0.3, -0.25) is 0 Å². The molecule has 0 aliphatic heterocycles. The van der Waals surface area contributed by atoms with Crippen LogP contribution in [0.15, 0.2) is 0 Å². The number of aliphatic hydroxyl groups is 2. The third kappa shape index (κ3) is 1.41. The smallest absolute Gasteiger partial charge is 0.0574 e. The minimum atomic E-state index is -0.0105. The van der Waals surface area contributed by atoms with Gasteiger partial charge in [-0.2, -0.15) is 0 Å². The molecular weight excluding hydrogens is 502 g/mol. The van der Waals surface area contributed by atoms with Crippen LogP contribution in [0.2, 0.25) is 0 Å². The van der Waals surface area contributed by atoms with Gasteiger partial charge in [0.05, 0.1) is 12.2 Å². The predicted octanol–water partition coefficient (Wildman–Crippen LogP) is 3.12. The van der Waals surface area contributed by atoms with Crippen LogP contribution < -0.4 is 0 Å². The summed E-state index contributed by atoms with van der Waals surface area (Å²) in [6.45, 7) is 0. The minimum Gasteiger partial charge on any atom is -0.393 e. The fourth-order valence-electron chi connectivity index (χ4n) is 8.93. The van der Waals surface area contributed by atoms with Crippen molar-refractivity contribution in [2.45, 2.75) is 45.7 Å². The molecule has 14 atom stereocenters. The van der Waals surface area contributed by atoms with Crippen LogP contribution in [0, 0.1) is 59.2 Å². The van der Waals surface area contributed by atoms with Crippen molar-refractivity contribution in [3.63, 3.8) is 0 Å². The van der Waals surface area contributed by atoms with Gasteiger partial charge in [0.2, 0.25) is 0 Å². The Balaban J connectivity index is 1.49. The van der Waals surface area contributed by atoms with Crippen LogP contribution in [-0.2, 0) is 0 Å². The van der Waals surface area contributed by atoms with E-state index in [9.17, 15) is 10.2 Å². The Labute approximate surface area is 159 Å². The number of hydrogen-bond donors (Lipinski definition) is 2. The average molecular weight is 526 g/mol. The second-order valence-corrected chi connectivity index (χ2v) is 12.0. The topological polar surface area (TPSA) is 40.5 Å². The minimum absolute atomic E-state index is 0.0105. The monoisotopic (exact) mass is 526 g/mol. The second kappa shape index (κ2) is 4.56. The zero-order valence-corrected chi connectivity index (χ0v) is 16.9. The molecule has 6 aliphatic carbocycles. The van der Waals surface area contributed by atoms with E-state index in [1.807, 2.05) is 0 Å². The molecule has 4 heteroatoms. The van der Waals surface area contributed by atoms with Crippen LogP contribution in [0.3, 0.4) is 0 Å². The van der Waals surface area contributed by atoms with Gasteiger partial charge in [0.15, 0.2) is 0 Å². The van der Waals surface area contributed by atoms with E-state index in [1.54, 1.807) is 0 Å². The molecule has 2 N–H and O–H groups in total. The molecule has 0 heterocycles. The van der Waals surface area contributed by atoms with Gasteiger partial charge in [0.1, 0.15) is 0 Å². The van der Waals surface area contributed by atoms with Crippen LogP contribution in [0.4, 0.5) is 0 Å². The summed E-state index contributed by atoms with van der Waals surface area (Å²) in [7, 11) is 0. The number of halogens is 2. The highest BCUT2D eigenvalue weighted by atomic mass is 127. The lowest BCUT2D eigenvalue weighted by molar-refractivity contribution is 0.0746. The Kier molecular flexibility index (Phi) is 3.01. The van der Waals surface area contributed by atoms with E-state index in [1.165, 1.54) is 12.8 Å². The standard InChI is InChI=1S/C18H24I2O2/c19-17-11-5-1-3-7(21)9(5)15-13(11)14-12(18(15)20)6-2-4-8(22)10(6)16(14)17/h5-18,21-22H,1-4H2/t5-,6+,7-,8-,9+,10-,11-,12+,13-,14-,15-,16+,17+,18+/m0/s1. The summed E-state index contributed by atoms with van der Waals surface area (Å²) in [6.07, 6.45) is 4.63. The molecule has 0 spiro atoms. The largest absolute Gasteiger partial charge is 0.393 e. The highest BCUT2D eigenvalue weighted by Gasteiger charge is 2.77. The predicted molar refractivity (Wildman–Crippen MR) is 101 cm³/mol. The summed E-state index contributed by atoms with van der Waals surface area (Å²) in [5.74, 6) is 7.92. The van der Waals surface area contributed by atoms with E-state index in [-0.39, 0.29) is 12.2 Å². The number of fused-ring (bicyclic) bond motifs is 6. The summed E-state index contributed by atoms with van der Waals surface area (Å²) in [5.41, 5.74) is 0. The Morgan fingerprint density at radius 1 is 0.500 bits per heavy atom. The number of aliphatic hydroxyl groups excluding tert-OH is 2. The van der Waals surface area contributed by atoms with Gasteiger partial charge in [0, 0.05) is 7.85 Å². The van der Waals surface area contributed by atoms with Crippen molar-refractivity contribution in [2.24, 2.45) is 59.2 Å². The fourth-order valence-corrected chi connectivity index (χ4v) is 12.9. The summed E-state index contributed by atoms with van der Waals surface area (Å²) in [6, 6.07) is 0. The SMILES string of the molecule is O[C@H]1CC[C@H]2[C@H]3[C@@H](I)[C@@H]4[C@@H]5[C@H]3[C@H]([C@H](I)[C@H]5[C@H]3CC[C@H](O)[C@@H]34)[C@@H]21. The van der Waals surface area contributed by atoms with Gasteiger partial charge in [-0.25, -0.2) is 0 Å². The zero-order valence-electron chi connectivity index (χ0n) is 12.6. The van der Waals surface area contributed by atoms with Crippen LogP contribution in [0.25, 0.3) is 0 Å².